The molecule has 1 N–H and O–H groups in total. The zero-order valence-corrected chi connectivity index (χ0v) is 14.8. The summed E-state index contributed by atoms with van der Waals surface area (Å²) in [5.41, 5.74) is 1.83. The second kappa shape index (κ2) is 8.34. The highest BCUT2D eigenvalue weighted by atomic mass is 35.5. The van der Waals surface area contributed by atoms with Crippen molar-refractivity contribution < 1.29 is 14.3 Å². The lowest BCUT2D eigenvalue weighted by Crippen LogP contribution is -2.42. The lowest BCUT2D eigenvalue weighted by molar-refractivity contribution is -0.119. The molecule has 0 bridgehead atoms. The number of halogens is 1. The molecular formula is C19H21ClN2O3. The Balaban J connectivity index is 1.54. The number of anilines is 1. The van der Waals surface area contributed by atoms with Gasteiger partial charge < -0.3 is 14.8 Å². The molecule has 5 nitrogen and oxygen atoms in total. The summed E-state index contributed by atoms with van der Waals surface area (Å²) in [6, 6.07) is 14.9. The highest BCUT2D eigenvalue weighted by Gasteiger charge is 2.23. The smallest absolute Gasteiger partial charge is 0.238 e. The summed E-state index contributed by atoms with van der Waals surface area (Å²) >= 11 is 5.93. The number of ether oxygens (including phenoxy) is 2. The monoisotopic (exact) mass is 360 g/mol. The number of methoxy groups -OCH3 is 1. The van der Waals surface area contributed by atoms with Gasteiger partial charge in [-0.15, -0.1) is 0 Å². The number of hydrogen-bond donors (Lipinski definition) is 1. The second-order valence-electron chi connectivity index (χ2n) is 5.92. The molecule has 0 spiro atoms. The third-order valence-corrected chi connectivity index (χ3v) is 4.39. The third-order valence-electron chi connectivity index (χ3n) is 4.13. The highest BCUT2D eigenvalue weighted by Crippen LogP contribution is 2.23. The van der Waals surface area contributed by atoms with Crippen LogP contribution in [0.5, 0.6) is 5.75 Å². The van der Waals surface area contributed by atoms with E-state index in [2.05, 4.69) is 10.2 Å². The molecule has 1 heterocycles. The fourth-order valence-electron chi connectivity index (χ4n) is 2.80. The van der Waals surface area contributed by atoms with Gasteiger partial charge in [0.1, 0.15) is 5.75 Å². The second-order valence-corrected chi connectivity index (χ2v) is 6.36. The maximum absolute atomic E-state index is 12.3. The highest BCUT2D eigenvalue weighted by molar-refractivity contribution is 6.30. The Morgan fingerprint density at radius 2 is 1.96 bits per heavy atom. The molecule has 132 valence electrons. The van der Waals surface area contributed by atoms with Crippen molar-refractivity contribution in [3.8, 4) is 5.75 Å². The van der Waals surface area contributed by atoms with E-state index in [1.165, 1.54) is 0 Å². The SMILES string of the molecule is COc1ccc(NC(=O)CN2CCOC(c3ccc(Cl)cc3)C2)cc1. The van der Waals surface area contributed by atoms with Crippen LogP contribution in [0.1, 0.15) is 11.7 Å². The number of hydrogen-bond acceptors (Lipinski definition) is 4. The number of amides is 1. The first-order chi connectivity index (χ1) is 12.1. The molecule has 1 amide bonds. The molecule has 0 aliphatic carbocycles. The van der Waals surface area contributed by atoms with Gasteiger partial charge in [0.05, 0.1) is 26.4 Å². The van der Waals surface area contributed by atoms with Crippen LogP contribution >= 0.6 is 11.6 Å². The van der Waals surface area contributed by atoms with Crippen LogP contribution in [0, 0.1) is 0 Å². The molecule has 0 saturated carbocycles. The minimum atomic E-state index is -0.0418. The standard InChI is InChI=1S/C19H21ClN2O3/c1-24-17-8-6-16(7-9-17)21-19(23)13-22-10-11-25-18(12-22)14-2-4-15(20)5-3-14/h2-9,18H,10-13H2,1H3,(H,21,23). The van der Waals surface area contributed by atoms with E-state index < -0.39 is 0 Å². The number of benzene rings is 2. The molecule has 1 saturated heterocycles. The molecule has 1 aliphatic heterocycles. The zero-order chi connectivity index (χ0) is 17.6. The summed E-state index contributed by atoms with van der Waals surface area (Å²) in [5.74, 6) is 0.721. The fourth-order valence-corrected chi connectivity index (χ4v) is 2.93. The van der Waals surface area contributed by atoms with Gasteiger partial charge in [0.25, 0.3) is 0 Å². The van der Waals surface area contributed by atoms with Gasteiger partial charge in [-0.25, -0.2) is 0 Å². The number of nitrogens with one attached hydrogen (secondary N) is 1. The Hall–Kier alpha value is -2.08. The molecule has 25 heavy (non-hydrogen) atoms. The van der Waals surface area contributed by atoms with Crippen LogP contribution in [0.15, 0.2) is 48.5 Å². The Morgan fingerprint density at radius 1 is 1.24 bits per heavy atom. The van der Waals surface area contributed by atoms with E-state index in [0.29, 0.717) is 24.7 Å². The summed E-state index contributed by atoms with van der Waals surface area (Å²) < 4.78 is 10.9. The van der Waals surface area contributed by atoms with Gasteiger partial charge in [-0.05, 0) is 42.0 Å². The quantitative estimate of drug-likeness (QED) is 0.888. The zero-order valence-electron chi connectivity index (χ0n) is 14.1. The normalized spacial score (nSPS) is 17.9. The summed E-state index contributed by atoms with van der Waals surface area (Å²) in [7, 11) is 1.61. The Kier molecular flexibility index (Phi) is 5.91. The molecule has 3 rings (SSSR count). The Morgan fingerprint density at radius 3 is 2.64 bits per heavy atom. The van der Waals surface area contributed by atoms with Crippen LogP contribution in [-0.2, 0) is 9.53 Å². The van der Waals surface area contributed by atoms with E-state index in [4.69, 9.17) is 21.1 Å². The molecule has 2 aromatic rings. The van der Waals surface area contributed by atoms with Crippen molar-refractivity contribution in [1.82, 2.24) is 4.90 Å². The van der Waals surface area contributed by atoms with Crippen LogP contribution in [0.3, 0.4) is 0 Å². The van der Waals surface area contributed by atoms with Crippen LogP contribution in [-0.4, -0.2) is 44.2 Å². The van der Waals surface area contributed by atoms with Crippen LogP contribution in [0.25, 0.3) is 0 Å². The minimum Gasteiger partial charge on any atom is -0.497 e. The fraction of sp³-hybridized carbons (Fsp3) is 0.316. The average molecular weight is 361 g/mol. The van der Waals surface area contributed by atoms with Crippen molar-refractivity contribution in [2.24, 2.45) is 0 Å². The molecule has 6 heteroatoms. The van der Waals surface area contributed by atoms with E-state index in [0.717, 1.165) is 23.5 Å². The lowest BCUT2D eigenvalue weighted by atomic mass is 10.1. The summed E-state index contributed by atoms with van der Waals surface area (Å²) in [5, 5.41) is 3.61. The van der Waals surface area contributed by atoms with E-state index >= 15 is 0 Å². The predicted molar refractivity (Wildman–Crippen MR) is 98.2 cm³/mol. The predicted octanol–water partition coefficient (Wildman–Crippen LogP) is 3.36. The van der Waals surface area contributed by atoms with Gasteiger partial charge in [0, 0.05) is 23.8 Å². The van der Waals surface area contributed by atoms with Gasteiger partial charge in [-0.2, -0.15) is 0 Å². The van der Waals surface area contributed by atoms with Crippen molar-refractivity contribution in [1.29, 1.82) is 0 Å². The molecule has 1 fully saturated rings. The van der Waals surface area contributed by atoms with E-state index in [-0.39, 0.29) is 12.0 Å². The summed E-state index contributed by atoms with van der Waals surface area (Å²) in [6.45, 7) is 2.35. The average Bonchev–Trinajstić information content (AvgIpc) is 2.63. The molecule has 0 aromatic heterocycles. The topological polar surface area (TPSA) is 50.8 Å². The number of nitrogens with zero attached hydrogens (tertiary/aromatic N) is 1. The molecule has 1 atom stereocenters. The maximum Gasteiger partial charge on any atom is 0.238 e. The minimum absolute atomic E-state index is 0.0399. The van der Waals surface area contributed by atoms with Crippen molar-refractivity contribution in [3.63, 3.8) is 0 Å². The lowest BCUT2D eigenvalue weighted by Gasteiger charge is -2.32. The Bertz CT molecular complexity index is 704. The largest absolute Gasteiger partial charge is 0.497 e. The van der Waals surface area contributed by atoms with Crippen LogP contribution in [0.2, 0.25) is 5.02 Å². The van der Waals surface area contributed by atoms with Gasteiger partial charge in [-0.1, -0.05) is 23.7 Å². The first-order valence-corrected chi connectivity index (χ1v) is 8.55. The Labute approximate surface area is 152 Å². The van der Waals surface area contributed by atoms with Crippen molar-refractivity contribution in [2.45, 2.75) is 6.10 Å². The van der Waals surface area contributed by atoms with Crippen molar-refractivity contribution in [3.05, 3.63) is 59.1 Å². The van der Waals surface area contributed by atoms with Gasteiger partial charge in [0.15, 0.2) is 0 Å². The number of morpholine rings is 1. The van der Waals surface area contributed by atoms with Crippen LogP contribution < -0.4 is 10.1 Å². The molecule has 2 aromatic carbocycles. The first kappa shape index (κ1) is 17.7. The van der Waals surface area contributed by atoms with Crippen molar-refractivity contribution >= 4 is 23.2 Å². The van der Waals surface area contributed by atoms with E-state index in [9.17, 15) is 4.79 Å². The number of carbonyl (C=O) groups is 1. The van der Waals surface area contributed by atoms with Gasteiger partial charge >= 0.3 is 0 Å². The maximum atomic E-state index is 12.3. The van der Waals surface area contributed by atoms with Crippen molar-refractivity contribution in [2.75, 3.05) is 38.7 Å². The molecular weight excluding hydrogens is 340 g/mol. The van der Waals surface area contributed by atoms with Gasteiger partial charge in [0.2, 0.25) is 5.91 Å². The number of carbonyl (C=O) groups excluding carboxylic acids is 1. The number of rotatable bonds is 5. The van der Waals surface area contributed by atoms with Crippen LogP contribution in [0.4, 0.5) is 5.69 Å². The summed E-state index contributed by atoms with van der Waals surface area (Å²) in [4.78, 5) is 14.4. The van der Waals surface area contributed by atoms with E-state index in [1.54, 1.807) is 7.11 Å². The molecule has 1 aliphatic rings. The summed E-state index contributed by atoms with van der Waals surface area (Å²) in [6.07, 6.45) is -0.0418. The molecule has 0 radical (unpaired) electrons. The first-order valence-electron chi connectivity index (χ1n) is 8.17. The van der Waals surface area contributed by atoms with Gasteiger partial charge in [-0.3, -0.25) is 9.69 Å². The molecule has 1 unspecified atom stereocenters. The van der Waals surface area contributed by atoms with E-state index in [1.807, 2.05) is 48.5 Å². The third kappa shape index (κ3) is 4.95.